The lowest BCUT2D eigenvalue weighted by Gasteiger charge is -2.09. The Morgan fingerprint density at radius 2 is 2.00 bits per heavy atom. The molecule has 0 fully saturated rings. The lowest BCUT2D eigenvalue weighted by Crippen LogP contribution is -2.35. The van der Waals surface area contributed by atoms with E-state index in [2.05, 4.69) is 20.6 Å². The molecule has 0 aliphatic rings. The zero-order valence-electron chi connectivity index (χ0n) is 13.9. The van der Waals surface area contributed by atoms with Gasteiger partial charge in [0.25, 0.3) is 0 Å². The molecule has 1 aromatic carbocycles. The van der Waals surface area contributed by atoms with Gasteiger partial charge in [-0.15, -0.1) is 0 Å². The van der Waals surface area contributed by atoms with Crippen LogP contribution in [0.25, 0.3) is 0 Å². The van der Waals surface area contributed by atoms with E-state index in [-0.39, 0.29) is 0 Å². The number of benzene rings is 1. The van der Waals surface area contributed by atoms with Crippen LogP contribution in [0.15, 0.2) is 41.5 Å². The minimum atomic E-state index is 0.408. The molecule has 0 spiro atoms. The van der Waals surface area contributed by atoms with Crippen LogP contribution < -0.4 is 21.1 Å². The second-order valence-corrected chi connectivity index (χ2v) is 6.05. The van der Waals surface area contributed by atoms with E-state index in [4.69, 9.17) is 33.7 Å². The van der Waals surface area contributed by atoms with Gasteiger partial charge in [-0.1, -0.05) is 35.3 Å². The molecular weight excluding hydrogens is 361 g/mol. The summed E-state index contributed by atoms with van der Waals surface area (Å²) in [5.41, 5.74) is 7.03. The lowest BCUT2D eigenvalue weighted by molar-refractivity contribution is 0.414. The first kappa shape index (κ1) is 19.1. The Labute approximate surface area is 157 Å². The van der Waals surface area contributed by atoms with Crippen molar-refractivity contribution in [2.24, 2.45) is 10.7 Å². The smallest absolute Gasteiger partial charge is 0.188 e. The number of guanidine groups is 1. The average Bonchev–Trinajstić information content (AvgIpc) is 2.61. The molecule has 0 saturated heterocycles. The summed E-state index contributed by atoms with van der Waals surface area (Å²) in [6, 6.07) is 9.54. The molecule has 1 aromatic heterocycles. The van der Waals surface area contributed by atoms with Gasteiger partial charge in [0.05, 0.1) is 17.2 Å². The number of aliphatic imine (C=N–C) groups is 1. The predicted molar refractivity (Wildman–Crippen MR) is 104 cm³/mol. The molecule has 0 atom stereocenters. The molecule has 1 heterocycles. The van der Waals surface area contributed by atoms with Crippen molar-refractivity contribution in [2.75, 3.05) is 32.1 Å². The molecule has 0 amide bonds. The Bertz CT molecular complexity index is 707. The van der Waals surface area contributed by atoms with E-state index in [1.165, 1.54) is 11.8 Å². The summed E-state index contributed by atoms with van der Waals surface area (Å²) in [6.45, 7) is 1.81. The maximum atomic E-state index is 6.03. The van der Waals surface area contributed by atoms with Crippen LogP contribution in [0.1, 0.15) is 5.56 Å². The molecule has 8 heteroatoms. The Hall–Kier alpha value is -2.18. The zero-order chi connectivity index (χ0) is 18.1. The Morgan fingerprint density at radius 1 is 1.24 bits per heavy atom. The number of anilines is 1. The van der Waals surface area contributed by atoms with E-state index >= 15 is 0 Å². The summed E-state index contributed by atoms with van der Waals surface area (Å²) in [6.07, 6.45) is 2.35. The van der Waals surface area contributed by atoms with Crippen molar-refractivity contribution in [3.05, 3.63) is 52.1 Å². The average molecular weight is 382 g/mol. The van der Waals surface area contributed by atoms with Crippen molar-refractivity contribution in [3.8, 4) is 5.75 Å². The maximum absolute atomic E-state index is 6.03. The number of nitrogens with two attached hydrogens (primary N) is 1. The first-order valence-corrected chi connectivity index (χ1v) is 8.55. The van der Waals surface area contributed by atoms with Crippen LogP contribution in [0.4, 0.5) is 5.82 Å². The highest BCUT2D eigenvalue weighted by Crippen LogP contribution is 2.21. The molecular formula is C17H21Cl2N5O. The SMILES string of the molecule is COc1ccc(CCN=C(N)NCCNc2ncc(Cl)cc2Cl)cc1. The van der Waals surface area contributed by atoms with E-state index in [1.807, 2.05) is 24.3 Å². The second-order valence-electron chi connectivity index (χ2n) is 5.20. The van der Waals surface area contributed by atoms with Crippen molar-refractivity contribution < 1.29 is 4.74 Å². The molecule has 4 N–H and O–H groups in total. The van der Waals surface area contributed by atoms with Gasteiger partial charge in [0, 0.05) is 25.8 Å². The highest BCUT2D eigenvalue weighted by molar-refractivity contribution is 6.35. The van der Waals surface area contributed by atoms with E-state index in [1.54, 1.807) is 13.2 Å². The fraction of sp³-hybridized carbons (Fsp3) is 0.294. The number of aromatic nitrogens is 1. The molecule has 0 radical (unpaired) electrons. The van der Waals surface area contributed by atoms with E-state index in [9.17, 15) is 0 Å². The third-order valence-corrected chi connectivity index (χ3v) is 3.87. The van der Waals surface area contributed by atoms with Gasteiger partial charge >= 0.3 is 0 Å². The summed E-state index contributed by atoms with van der Waals surface area (Å²) in [5, 5.41) is 7.12. The first-order chi connectivity index (χ1) is 12.1. The number of halogens is 2. The molecule has 2 aromatic rings. The van der Waals surface area contributed by atoms with Crippen molar-refractivity contribution in [2.45, 2.75) is 6.42 Å². The normalized spacial score (nSPS) is 11.2. The van der Waals surface area contributed by atoms with Crippen LogP contribution in [0.2, 0.25) is 10.0 Å². The number of pyridine rings is 1. The summed E-state index contributed by atoms with van der Waals surface area (Å²) < 4.78 is 5.13. The summed E-state index contributed by atoms with van der Waals surface area (Å²) in [5.74, 6) is 1.84. The largest absolute Gasteiger partial charge is 0.497 e. The molecule has 25 heavy (non-hydrogen) atoms. The fourth-order valence-corrected chi connectivity index (χ4v) is 2.52. The Kier molecular flexibility index (Phi) is 7.63. The quantitative estimate of drug-likeness (QED) is 0.371. The van der Waals surface area contributed by atoms with Gasteiger partial charge < -0.3 is 21.1 Å². The maximum Gasteiger partial charge on any atom is 0.188 e. The summed E-state index contributed by atoms with van der Waals surface area (Å²) >= 11 is 11.8. The van der Waals surface area contributed by atoms with Crippen LogP contribution in [-0.4, -0.2) is 37.7 Å². The number of methoxy groups -OCH3 is 1. The third kappa shape index (κ3) is 6.68. The Morgan fingerprint density at radius 3 is 2.68 bits per heavy atom. The first-order valence-electron chi connectivity index (χ1n) is 7.80. The molecule has 0 unspecified atom stereocenters. The van der Waals surface area contributed by atoms with Crippen LogP contribution in [0, 0.1) is 0 Å². The molecule has 6 nitrogen and oxygen atoms in total. The van der Waals surface area contributed by atoms with E-state index in [0.717, 1.165) is 12.2 Å². The molecule has 134 valence electrons. The topological polar surface area (TPSA) is 84.6 Å². The minimum absolute atomic E-state index is 0.408. The van der Waals surface area contributed by atoms with Crippen LogP contribution in [0.5, 0.6) is 5.75 Å². The number of nitrogens with one attached hydrogen (secondary N) is 2. The summed E-state index contributed by atoms with van der Waals surface area (Å²) in [7, 11) is 1.65. The van der Waals surface area contributed by atoms with Gasteiger partial charge in [0.15, 0.2) is 5.96 Å². The number of hydrogen-bond donors (Lipinski definition) is 3. The highest BCUT2D eigenvalue weighted by Gasteiger charge is 2.02. The highest BCUT2D eigenvalue weighted by atomic mass is 35.5. The van der Waals surface area contributed by atoms with Gasteiger partial charge in [0.1, 0.15) is 11.6 Å². The number of hydrogen-bond acceptors (Lipinski definition) is 4. The lowest BCUT2D eigenvalue weighted by atomic mass is 10.1. The van der Waals surface area contributed by atoms with Crippen LogP contribution in [-0.2, 0) is 6.42 Å². The summed E-state index contributed by atoms with van der Waals surface area (Å²) in [4.78, 5) is 8.42. The van der Waals surface area contributed by atoms with E-state index < -0.39 is 0 Å². The van der Waals surface area contributed by atoms with Crippen molar-refractivity contribution >= 4 is 35.0 Å². The zero-order valence-corrected chi connectivity index (χ0v) is 15.4. The standard InChI is InChI=1S/C17H21Cl2N5O/c1-25-14-4-2-12(3-5-14)6-7-22-17(20)23-9-8-21-16-15(19)10-13(18)11-24-16/h2-5,10-11H,6-9H2,1H3,(H,21,24)(H3,20,22,23). The molecule has 0 aliphatic carbocycles. The van der Waals surface area contributed by atoms with Crippen LogP contribution >= 0.6 is 23.2 Å². The fourth-order valence-electron chi connectivity index (χ4n) is 2.07. The number of nitrogens with zero attached hydrogens (tertiary/aromatic N) is 2. The second kappa shape index (κ2) is 9.96. The third-order valence-electron chi connectivity index (χ3n) is 3.37. The van der Waals surface area contributed by atoms with Gasteiger partial charge in [-0.25, -0.2) is 4.98 Å². The molecule has 0 aliphatic heterocycles. The molecule has 0 bridgehead atoms. The van der Waals surface area contributed by atoms with E-state index in [0.29, 0.717) is 41.5 Å². The predicted octanol–water partition coefficient (Wildman–Crippen LogP) is 2.96. The van der Waals surface area contributed by atoms with Gasteiger partial charge in [-0.05, 0) is 30.2 Å². The van der Waals surface area contributed by atoms with Crippen LogP contribution in [0.3, 0.4) is 0 Å². The minimum Gasteiger partial charge on any atom is -0.497 e. The van der Waals surface area contributed by atoms with Gasteiger partial charge in [0.2, 0.25) is 0 Å². The number of ether oxygens (including phenoxy) is 1. The van der Waals surface area contributed by atoms with Crippen molar-refractivity contribution in [1.82, 2.24) is 10.3 Å². The van der Waals surface area contributed by atoms with Crippen molar-refractivity contribution in [3.63, 3.8) is 0 Å². The van der Waals surface area contributed by atoms with Gasteiger partial charge in [-0.2, -0.15) is 0 Å². The van der Waals surface area contributed by atoms with Gasteiger partial charge in [-0.3, -0.25) is 4.99 Å². The monoisotopic (exact) mass is 381 g/mol. The number of rotatable bonds is 8. The van der Waals surface area contributed by atoms with Crippen molar-refractivity contribution in [1.29, 1.82) is 0 Å². The molecule has 0 saturated carbocycles. The molecule has 2 rings (SSSR count). The Balaban J connectivity index is 1.67.